The average molecular weight is 269 g/mol. The first-order valence-electron chi connectivity index (χ1n) is 5.16. The van der Waals surface area contributed by atoms with Crippen molar-refractivity contribution in [2.75, 3.05) is 5.32 Å². The maximum absolute atomic E-state index is 11.6. The van der Waals surface area contributed by atoms with Gasteiger partial charge in [0.1, 0.15) is 0 Å². The fourth-order valence-electron chi connectivity index (χ4n) is 1.26. The van der Waals surface area contributed by atoms with Gasteiger partial charge in [-0.1, -0.05) is 17.7 Å². The van der Waals surface area contributed by atoms with Crippen molar-refractivity contribution in [2.45, 2.75) is 12.5 Å². The summed E-state index contributed by atoms with van der Waals surface area (Å²) in [4.78, 5) is 22.3. The lowest BCUT2D eigenvalue weighted by atomic mass is 10.2. The van der Waals surface area contributed by atoms with Crippen LogP contribution in [0.5, 0.6) is 0 Å². The summed E-state index contributed by atoms with van der Waals surface area (Å²) in [5.74, 6) is -1.49. The molecule has 0 aliphatic heterocycles. The highest BCUT2D eigenvalue weighted by Gasteiger charge is 2.14. The number of halogens is 1. The van der Waals surface area contributed by atoms with Crippen LogP contribution in [0.1, 0.15) is 16.8 Å². The predicted octanol–water partition coefficient (Wildman–Crippen LogP) is 1.88. The zero-order chi connectivity index (χ0) is 13.7. The second kappa shape index (κ2) is 6.18. The molecule has 0 radical (unpaired) electrons. The lowest BCUT2D eigenvalue weighted by Gasteiger charge is -2.11. The fourth-order valence-corrected chi connectivity index (χ4v) is 1.49. The van der Waals surface area contributed by atoms with Crippen molar-refractivity contribution in [3.63, 3.8) is 0 Å². The molecule has 1 amide bonds. The van der Waals surface area contributed by atoms with Gasteiger partial charge in [-0.15, -0.1) is 6.58 Å². The molecular formula is C12H13ClN2O3. The molecule has 0 saturated carbocycles. The van der Waals surface area contributed by atoms with Gasteiger partial charge in [0.2, 0.25) is 5.91 Å². The van der Waals surface area contributed by atoms with Gasteiger partial charge in [0.05, 0.1) is 22.3 Å². The molecule has 1 aromatic carbocycles. The zero-order valence-corrected chi connectivity index (χ0v) is 10.3. The van der Waals surface area contributed by atoms with Crippen molar-refractivity contribution in [1.29, 1.82) is 0 Å². The molecule has 6 heteroatoms. The number of carbonyl (C=O) groups excluding carboxylic acids is 1. The molecule has 0 aliphatic carbocycles. The van der Waals surface area contributed by atoms with Gasteiger partial charge >= 0.3 is 5.97 Å². The number of carboxylic acids is 1. The Labute approximate surface area is 109 Å². The summed E-state index contributed by atoms with van der Waals surface area (Å²) >= 11 is 5.86. The van der Waals surface area contributed by atoms with Gasteiger partial charge in [0, 0.05) is 0 Å². The van der Waals surface area contributed by atoms with Crippen LogP contribution in [-0.2, 0) is 4.79 Å². The number of nitrogens with one attached hydrogen (secondary N) is 1. The maximum Gasteiger partial charge on any atom is 0.335 e. The number of carbonyl (C=O) groups is 2. The van der Waals surface area contributed by atoms with E-state index in [0.717, 1.165) is 0 Å². The standard InChI is InChI=1S/C12H13ClN2O3/c1-2-3-9(14)11(16)15-10-5-4-7(12(17)18)6-8(10)13/h2,4-6,9H,1,3,14H2,(H,15,16)(H,17,18). The van der Waals surface area contributed by atoms with E-state index in [0.29, 0.717) is 12.1 Å². The molecule has 0 bridgehead atoms. The summed E-state index contributed by atoms with van der Waals surface area (Å²) in [5, 5.41) is 11.4. The van der Waals surface area contributed by atoms with Crippen molar-refractivity contribution in [3.8, 4) is 0 Å². The molecule has 1 rings (SSSR count). The van der Waals surface area contributed by atoms with Crippen LogP contribution >= 0.6 is 11.6 Å². The summed E-state index contributed by atoms with van der Waals surface area (Å²) in [6, 6.07) is 3.32. The third-order valence-electron chi connectivity index (χ3n) is 2.23. The van der Waals surface area contributed by atoms with Crippen molar-refractivity contribution in [2.24, 2.45) is 5.73 Å². The molecule has 0 fully saturated rings. The van der Waals surface area contributed by atoms with Crippen molar-refractivity contribution < 1.29 is 14.7 Å². The lowest BCUT2D eigenvalue weighted by Crippen LogP contribution is -2.35. The highest BCUT2D eigenvalue weighted by molar-refractivity contribution is 6.34. The molecule has 1 unspecified atom stereocenters. The number of amides is 1. The number of nitrogens with two attached hydrogens (primary N) is 1. The smallest absolute Gasteiger partial charge is 0.335 e. The molecule has 5 nitrogen and oxygen atoms in total. The van der Waals surface area contributed by atoms with Crippen LogP contribution in [-0.4, -0.2) is 23.0 Å². The SMILES string of the molecule is C=CCC(N)C(=O)Nc1ccc(C(=O)O)cc1Cl. The number of rotatable bonds is 5. The topological polar surface area (TPSA) is 92.4 Å². The molecule has 0 heterocycles. The van der Waals surface area contributed by atoms with E-state index >= 15 is 0 Å². The average Bonchev–Trinajstić information content (AvgIpc) is 2.31. The number of carboxylic acid groups (broad SMARTS) is 1. The minimum absolute atomic E-state index is 0.0494. The van der Waals surface area contributed by atoms with Crippen molar-refractivity contribution >= 4 is 29.2 Å². The van der Waals surface area contributed by atoms with E-state index in [4.69, 9.17) is 22.4 Å². The third kappa shape index (κ3) is 3.58. The Kier molecular flexibility index (Phi) is 4.88. The molecular weight excluding hydrogens is 256 g/mol. The normalized spacial score (nSPS) is 11.7. The van der Waals surface area contributed by atoms with E-state index in [1.807, 2.05) is 0 Å². The quantitative estimate of drug-likeness (QED) is 0.711. The van der Waals surface area contributed by atoms with E-state index < -0.39 is 17.9 Å². The molecule has 0 spiro atoms. The number of anilines is 1. The Morgan fingerprint density at radius 2 is 2.22 bits per heavy atom. The number of hydrogen-bond acceptors (Lipinski definition) is 3. The second-order valence-electron chi connectivity index (χ2n) is 3.62. The predicted molar refractivity (Wildman–Crippen MR) is 69.8 cm³/mol. The summed E-state index contributed by atoms with van der Waals surface area (Å²) < 4.78 is 0. The van der Waals surface area contributed by atoms with Gasteiger partial charge in [-0.3, -0.25) is 4.79 Å². The summed E-state index contributed by atoms with van der Waals surface area (Å²) in [7, 11) is 0. The minimum atomic E-state index is -1.09. The van der Waals surface area contributed by atoms with Gasteiger partial charge in [-0.05, 0) is 24.6 Å². The lowest BCUT2D eigenvalue weighted by molar-refractivity contribution is -0.117. The van der Waals surface area contributed by atoms with Crippen LogP contribution < -0.4 is 11.1 Å². The Morgan fingerprint density at radius 1 is 1.56 bits per heavy atom. The molecule has 1 aromatic rings. The molecule has 0 aromatic heterocycles. The van der Waals surface area contributed by atoms with Crippen LogP contribution in [0, 0.1) is 0 Å². The minimum Gasteiger partial charge on any atom is -0.478 e. The van der Waals surface area contributed by atoms with E-state index in [-0.39, 0.29) is 10.6 Å². The number of benzene rings is 1. The van der Waals surface area contributed by atoms with E-state index in [1.54, 1.807) is 6.08 Å². The second-order valence-corrected chi connectivity index (χ2v) is 4.03. The Morgan fingerprint density at radius 3 is 2.72 bits per heavy atom. The van der Waals surface area contributed by atoms with Gasteiger partial charge in [-0.25, -0.2) is 4.79 Å². The van der Waals surface area contributed by atoms with E-state index in [1.165, 1.54) is 18.2 Å². The summed E-state index contributed by atoms with van der Waals surface area (Å²) in [6.07, 6.45) is 1.88. The first kappa shape index (κ1) is 14.2. The molecule has 96 valence electrons. The third-order valence-corrected chi connectivity index (χ3v) is 2.54. The van der Waals surface area contributed by atoms with E-state index in [2.05, 4.69) is 11.9 Å². The molecule has 18 heavy (non-hydrogen) atoms. The number of hydrogen-bond donors (Lipinski definition) is 3. The van der Waals surface area contributed by atoms with Gasteiger partial charge < -0.3 is 16.2 Å². The van der Waals surface area contributed by atoms with Crippen LogP contribution in [0.3, 0.4) is 0 Å². The molecule has 0 aliphatic rings. The highest BCUT2D eigenvalue weighted by atomic mass is 35.5. The van der Waals surface area contributed by atoms with Gasteiger partial charge in [-0.2, -0.15) is 0 Å². The Bertz CT molecular complexity index is 488. The summed E-state index contributed by atoms with van der Waals surface area (Å²) in [6.45, 7) is 3.49. The molecule has 1 atom stereocenters. The molecule has 0 saturated heterocycles. The van der Waals surface area contributed by atoms with E-state index in [9.17, 15) is 9.59 Å². The van der Waals surface area contributed by atoms with Crippen molar-refractivity contribution in [1.82, 2.24) is 0 Å². The van der Waals surface area contributed by atoms with Crippen LogP contribution in [0.2, 0.25) is 5.02 Å². The van der Waals surface area contributed by atoms with Crippen LogP contribution in [0.4, 0.5) is 5.69 Å². The van der Waals surface area contributed by atoms with Crippen molar-refractivity contribution in [3.05, 3.63) is 41.4 Å². The Balaban J connectivity index is 2.82. The fraction of sp³-hybridized carbons (Fsp3) is 0.167. The number of aromatic carboxylic acids is 1. The summed E-state index contributed by atoms with van der Waals surface area (Å²) in [5.41, 5.74) is 5.96. The monoisotopic (exact) mass is 268 g/mol. The Hall–Kier alpha value is -1.85. The van der Waals surface area contributed by atoms with Crippen LogP contribution in [0.15, 0.2) is 30.9 Å². The highest BCUT2D eigenvalue weighted by Crippen LogP contribution is 2.23. The zero-order valence-electron chi connectivity index (χ0n) is 9.52. The molecule has 4 N–H and O–H groups in total. The first-order valence-corrected chi connectivity index (χ1v) is 5.53. The van der Waals surface area contributed by atoms with Gasteiger partial charge in [0.25, 0.3) is 0 Å². The van der Waals surface area contributed by atoms with Gasteiger partial charge in [0.15, 0.2) is 0 Å². The first-order chi connectivity index (χ1) is 8.45. The largest absolute Gasteiger partial charge is 0.478 e. The maximum atomic E-state index is 11.6. The van der Waals surface area contributed by atoms with Crippen LogP contribution in [0.25, 0.3) is 0 Å².